The molecule has 0 aliphatic carbocycles. The van der Waals surface area contributed by atoms with Gasteiger partial charge in [-0.05, 0) is 40.2 Å². The fourth-order valence-electron chi connectivity index (χ4n) is 2.43. The maximum absolute atomic E-state index is 4.46. The number of hydrogen-bond donors (Lipinski definition) is 0. The Bertz CT molecular complexity index is 568. The van der Waals surface area contributed by atoms with Crippen LogP contribution in [0.15, 0.2) is 47.1 Å². The van der Waals surface area contributed by atoms with Gasteiger partial charge < -0.3 is 9.80 Å². The summed E-state index contributed by atoms with van der Waals surface area (Å²) in [7, 11) is 2.15. The summed E-state index contributed by atoms with van der Waals surface area (Å²) in [6.45, 7) is 2.94. The Labute approximate surface area is 122 Å². The first kappa shape index (κ1) is 12.5. The van der Waals surface area contributed by atoms with Gasteiger partial charge in [0.15, 0.2) is 0 Å². The predicted molar refractivity (Wildman–Crippen MR) is 82.7 cm³/mol. The number of halogens is 1. The molecule has 0 radical (unpaired) electrons. The van der Waals surface area contributed by atoms with Gasteiger partial charge in [-0.2, -0.15) is 0 Å². The molecule has 1 aliphatic heterocycles. The average molecular weight is 318 g/mol. The van der Waals surface area contributed by atoms with Crippen molar-refractivity contribution in [1.82, 2.24) is 4.98 Å². The second-order valence-corrected chi connectivity index (χ2v) is 5.72. The third kappa shape index (κ3) is 2.59. The number of anilines is 2. The molecule has 2 heterocycles. The van der Waals surface area contributed by atoms with E-state index in [-0.39, 0.29) is 0 Å². The zero-order valence-corrected chi connectivity index (χ0v) is 12.5. The van der Waals surface area contributed by atoms with Crippen molar-refractivity contribution in [2.45, 2.75) is 6.54 Å². The molecule has 0 bridgehead atoms. The molecule has 4 heteroatoms. The van der Waals surface area contributed by atoms with E-state index in [4.69, 9.17) is 0 Å². The number of benzene rings is 1. The number of rotatable bonds is 2. The standard InChI is InChI=1S/C15H16BrN3/c1-18-8-9-19(15-5-3-2-4-14(15)18)11-13-7-6-12(16)10-17-13/h2-7,10H,8-9,11H2,1H3. The van der Waals surface area contributed by atoms with Crippen LogP contribution in [0.25, 0.3) is 0 Å². The summed E-state index contributed by atoms with van der Waals surface area (Å²) in [6, 6.07) is 12.7. The van der Waals surface area contributed by atoms with E-state index in [1.54, 1.807) is 0 Å². The molecule has 0 saturated carbocycles. The number of likely N-dealkylation sites (N-methyl/N-ethyl adjacent to an activating group) is 1. The number of hydrogen-bond acceptors (Lipinski definition) is 3. The Hall–Kier alpha value is -1.55. The van der Waals surface area contributed by atoms with Crippen LogP contribution in [0.2, 0.25) is 0 Å². The molecule has 0 N–H and O–H groups in total. The van der Waals surface area contributed by atoms with Crippen LogP contribution < -0.4 is 9.80 Å². The first-order valence-electron chi connectivity index (χ1n) is 6.39. The van der Waals surface area contributed by atoms with Crippen LogP contribution in [0.4, 0.5) is 11.4 Å². The fourth-order valence-corrected chi connectivity index (χ4v) is 2.66. The highest BCUT2D eigenvalue weighted by molar-refractivity contribution is 9.10. The van der Waals surface area contributed by atoms with Crippen molar-refractivity contribution < 1.29 is 0 Å². The molecule has 0 fully saturated rings. The third-order valence-electron chi connectivity index (χ3n) is 3.48. The lowest BCUT2D eigenvalue weighted by Crippen LogP contribution is -2.38. The molecule has 3 nitrogen and oxygen atoms in total. The highest BCUT2D eigenvalue weighted by Crippen LogP contribution is 2.32. The summed E-state index contributed by atoms with van der Waals surface area (Å²) in [5.41, 5.74) is 3.69. The minimum atomic E-state index is 0.859. The first-order chi connectivity index (χ1) is 9.24. The summed E-state index contributed by atoms with van der Waals surface area (Å²) in [5.74, 6) is 0. The maximum atomic E-state index is 4.46. The van der Waals surface area contributed by atoms with Crippen molar-refractivity contribution in [2.24, 2.45) is 0 Å². The lowest BCUT2D eigenvalue weighted by atomic mass is 10.1. The van der Waals surface area contributed by atoms with Gasteiger partial charge >= 0.3 is 0 Å². The fraction of sp³-hybridized carbons (Fsp3) is 0.267. The molecule has 0 spiro atoms. The normalized spacial score (nSPS) is 14.4. The number of pyridine rings is 1. The minimum Gasteiger partial charge on any atom is -0.371 e. The molecule has 0 unspecified atom stereocenters. The largest absolute Gasteiger partial charge is 0.371 e. The van der Waals surface area contributed by atoms with Crippen molar-refractivity contribution in [2.75, 3.05) is 29.9 Å². The van der Waals surface area contributed by atoms with Crippen LogP contribution in [-0.2, 0) is 6.54 Å². The van der Waals surface area contributed by atoms with Gasteiger partial charge in [0.1, 0.15) is 0 Å². The minimum absolute atomic E-state index is 0.859. The highest BCUT2D eigenvalue weighted by Gasteiger charge is 2.19. The zero-order valence-electron chi connectivity index (χ0n) is 10.9. The van der Waals surface area contributed by atoms with Gasteiger partial charge in [0.05, 0.1) is 23.6 Å². The maximum Gasteiger partial charge on any atom is 0.0608 e. The average Bonchev–Trinajstić information content (AvgIpc) is 2.45. The van der Waals surface area contributed by atoms with Crippen molar-refractivity contribution in [3.8, 4) is 0 Å². The van der Waals surface area contributed by atoms with Crippen LogP contribution in [0.5, 0.6) is 0 Å². The smallest absolute Gasteiger partial charge is 0.0608 e. The Kier molecular flexibility index (Phi) is 3.42. The van der Waals surface area contributed by atoms with Crippen molar-refractivity contribution in [3.63, 3.8) is 0 Å². The topological polar surface area (TPSA) is 19.4 Å². The molecule has 0 saturated heterocycles. The van der Waals surface area contributed by atoms with Gasteiger partial charge in [-0.15, -0.1) is 0 Å². The molecular weight excluding hydrogens is 302 g/mol. The van der Waals surface area contributed by atoms with Crippen LogP contribution in [0, 0.1) is 0 Å². The molecular formula is C15H16BrN3. The van der Waals surface area contributed by atoms with Crippen LogP contribution in [-0.4, -0.2) is 25.1 Å². The molecule has 1 aromatic carbocycles. The van der Waals surface area contributed by atoms with E-state index in [0.717, 1.165) is 29.8 Å². The van der Waals surface area contributed by atoms with Gasteiger partial charge in [-0.3, -0.25) is 4.98 Å². The monoisotopic (exact) mass is 317 g/mol. The van der Waals surface area contributed by atoms with Gasteiger partial charge in [-0.25, -0.2) is 0 Å². The molecule has 3 rings (SSSR count). The van der Waals surface area contributed by atoms with Gasteiger partial charge in [0, 0.05) is 30.8 Å². The molecule has 2 aromatic rings. The van der Waals surface area contributed by atoms with Crippen molar-refractivity contribution in [1.29, 1.82) is 0 Å². The predicted octanol–water partition coefficient (Wildman–Crippen LogP) is 3.30. The lowest BCUT2D eigenvalue weighted by Gasteiger charge is -2.36. The molecule has 0 atom stereocenters. The summed E-state index contributed by atoms with van der Waals surface area (Å²) in [6.07, 6.45) is 1.86. The van der Waals surface area contributed by atoms with E-state index in [1.165, 1.54) is 11.4 Å². The summed E-state index contributed by atoms with van der Waals surface area (Å²) in [4.78, 5) is 9.16. The second-order valence-electron chi connectivity index (χ2n) is 4.80. The van der Waals surface area contributed by atoms with Gasteiger partial charge in [-0.1, -0.05) is 12.1 Å². The third-order valence-corrected chi connectivity index (χ3v) is 3.95. The Balaban J connectivity index is 1.86. The zero-order chi connectivity index (χ0) is 13.2. The van der Waals surface area contributed by atoms with E-state index in [9.17, 15) is 0 Å². The SMILES string of the molecule is CN1CCN(Cc2ccc(Br)cn2)c2ccccc21. The first-order valence-corrected chi connectivity index (χ1v) is 7.19. The summed E-state index contributed by atoms with van der Waals surface area (Å²) >= 11 is 3.42. The Morgan fingerprint density at radius 2 is 1.89 bits per heavy atom. The Morgan fingerprint density at radius 1 is 1.11 bits per heavy atom. The van der Waals surface area contributed by atoms with Crippen LogP contribution in [0.1, 0.15) is 5.69 Å². The van der Waals surface area contributed by atoms with E-state index < -0.39 is 0 Å². The van der Waals surface area contributed by atoms with Crippen molar-refractivity contribution in [3.05, 3.63) is 52.8 Å². The molecule has 98 valence electrons. The summed E-state index contributed by atoms with van der Waals surface area (Å²) < 4.78 is 1.02. The summed E-state index contributed by atoms with van der Waals surface area (Å²) in [5, 5.41) is 0. The number of para-hydroxylation sites is 2. The molecule has 19 heavy (non-hydrogen) atoms. The number of nitrogens with zero attached hydrogens (tertiary/aromatic N) is 3. The van der Waals surface area contributed by atoms with Gasteiger partial charge in [0.2, 0.25) is 0 Å². The van der Waals surface area contributed by atoms with E-state index in [2.05, 4.69) is 68.1 Å². The van der Waals surface area contributed by atoms with E-state index in [0.29, 0.717) is 0 Å². The van der Waals surface area contributed by atoms with E-state index >= 15 is 0 Å². The highest BCUT2D eigenvalue weighted by atomic mass is 79.9. The van der Waals surface area contributed by atoms with Crippen LogP contribution in [0.3, 0.4) is 0 Å². The van der Waals surface area contributed by atoms with Gasteiger partial charge in [0.25, 0.3) is 0 Å². The molecule has 0 amide bonds. The number of aromatic nitrogens is 1. The number of fused-ring (bicyclic) bond motifs is 1. The van der Waals surface area contributed by atoms with Crippen LogP contribution >= 0.6 is 15.9 Å². The Morgan fingerprint density at radius 3 is 2.63 bits per heavy atom. The molecule has 1 aromatic heterocycles. The van der Waals surface area contributed by atoms with E-state index in [1.807, 2.05) is 12.3 Å². The second kappa shape index (κ2) is 5.21. The molecule has 1 aliphatic rings. The van der Waals surface area contributed by atoms with Crippen molar-refractivity contribution >= 4 is 27.3 Å². The quantitative estimate of drug-likeness (QED) is 0.847. The lowest BCUT2D eigenvalue weighted by molar-refractivity contribution is 0.725.